The Kier molecular flexibility index (Phi) is 5.04. The molecule has 0 fully saturated rings. The predicted octanol–water partition coefficient (Wildman–Crippen LogP) is 2.83. The van der Waals surface area contributed by atoms with Crippen LogP contribution in [0.2, 0.25) is 0 Å². The van der Waals surface area contributed by atoms with E-state index >= 15 is 0 Å². The number of rotatable bonds is 5. The van der Waals surface area contributed by atoms with E-state index in [1.54, 1.807) is 11.8 Å². The van der Waals surface area contributed by atoms with E-state index in [9.17, 15) is 4.79 Å². The average molecular weight is 375 g/mol. The second kappa shape index (κ2) is 6.56. The van der Waals surface area contributed by atoms with Crippen molar-refractivity contribution in [2.75, 3.05) is 24.7 Å². The fourth-order valence-electron chi connectivity index (χ4n) is 2.02. The Morgan fingerprint density at radius 3 is 2.95 bits per heavy atom. The normalized spacial score (nSPS) is 18.2. The van der Waals surface area contributed by atoms with Crippen molar-refractivity contribution in [1.82, 2.24) is 0 Å². The maximum atomic E-state index is 12.2. The molecule has 0 aromatic heterocycles. The number of amides is 1. The summed E-state index contributed by atoms with van der Waals surface area (Å²) >= 11 is 2.24. The van der Waals surface area contributed by atoms with Gasteiger partial charge in [-0.25, -0.2) is 0 Å². The van der Waals surface area contributed by atoms with Crippen molar-refractivity contribution < 1.29 is 14.3 Å². The maximum absolute atomic E-state index is 12.2. The summed E-state index contributed by atoms with van der Waals surface area (Å²) in [6.45, 7) is 5.70. The highest BCUT2D eigenvalue weighted by Crippen LogP contribution is 2.35. The van der Waals surface area contributed by atoms with Crippen molar-refractivity contribution in [3.63, 3.8) is 0 Å². The summed E-state index contributed by atoms with van der Waals surface area (Å²) in [5, 5.41) is 0. The van der Waals surface area contributed by atoms with Crippen molar-refractivity contribution in [3.8, 4) is 5.75 Å². The highest BCUT2D eigenvalue weighted by molar-refractivity contribution is 14.1. The van der Waals surface area contributed by atoms with Gasteiger partial charge >= 0.3 is 0 Å². The molecule has 1 heterocycles. The van der Waals surface area contributed by atoms with Crippen LogP contribution < -0.4 is 9.64 Å². The van der Waals surface area contributed by atoms with Crippen LogP contribution in [0.3, 0.4) is 0 Å². The summed E-state index contributed by atoms with van der Waals surface area (Å²) in [5.74, 6) is 0.767. The van der Waals surface area contributed by atoms with Crippen LogP contribution in [0.5, 0.6) is 5.75 Å². The quantitative estimate of drug-likeness (QED) is 0.587. The lowest BCUT2D eigenvalue weighted by Crippen LogP contribution is -2.45. The van der Waals surface area contributed by atoms with Crippen molar-refractivity contribution in [2.45, 2.75) is 26.4 Å². The van der Waals surface area contributed by atoms with Crippen LogP contribution in [0, 0.1) is 3.57 Å². The molecule has 5 heteroatoms. The summed E-state index contributed by atoms with van der Waals surface area (Å²) in [4.78, 5) is 13.9. The van der Waals surface area contributed by atoms with Crippen LogP contribution in [-0.4, -0.2) is 31.8 Å². The third-order valence-corrected chi connectivity index (χ3v) is 3.61. The number of carbonyl (C=O) groups excluding carboxylic acids is 1. The Labute approximate surface area is 127 Å². The van der Waals surface area contributed by atoms with E-state index in [2.05, 4.69) is 29.5 Å². The van der Waals surface area contributed by atoms with Gasteiger partial charge in [-0.05, 0) is 54.1 Å². The van der Waals surface area contributed by atoms with Crippen LogP contribution in [0.15, 0.2) is 18.2 Å². The molecule has 104 valence electrons. The first-order valence-corrected chi connectivity index (χ1v) is 7.56. The van der Waals surface area contributed by atoms with Crippen molar-refractivity contribution in [3.05, 3.63) is 21.8 Å². The average Bonchev–Trinajstić information content (AvgIpc) is 2.38. The summed E-state index contributed by atoms with van der Waals surface area (Å²) < 4.78 is 12.2. The number of benzene rings is 1. The molecule has 1 aliphatic heterocycles. The second-order valence-corrected chi connectivity index (χ2v) is 5.72. The Balaban J connectivity index is 2.14. The molecule has 0 spiro atoms. The Bertz CT molecular complexity index is 464. The van der Waals surface area contributed by atoms with Gasteiger partial charge in [0.25, 0.3) is 5.91 Å². The standard InChI is InChI=1S/C14H18INO3/c1-3-7-18-8-6-16-12-5-4-11(15)9-13(12)19-10(2)14(16)17/h4-5,9-10H,3,6-8H2,1-2H3. The van der Waals surface area contributed by atoms with Gasteiger partial charge in [-0.2, -0.15) is 0 Å². The molecule has 1 unspecified atom stereocenters. The van der Waals surface area contributed by atoms with E-state index in [1.165, 1.54) is 0 Å². The van der Waals surface area contributed by atoms with Crippen LogP contribution in [0.25, 0.3) is 0 Å². The van der Waals surface area contributed by atoms with Gasteiger partial charge in [-0.1, -0.05) is 6.92 Å². The molecule has 0 N–H and O–H groups in total. The highest BCUT2D eigenvalue weighted by Gasteiger charge is 2.31. The van der Waals surface area contributed by atoms with Crippen LogP contribution in [0.1, 0.15) is 20.3 Å². The van der Waals surface area contributed by atoms with Gasteiger partial charge < -0.3 is 14.4 Å². The lowest BCUT2D eigenvalue weighted by molar-refractivity contribution is -0.125. The number of ether oxygens (including phenoxy) is 2. The van der Waals surface area contributed by atoms with E-state index in [1.807, 2.05) is 18.2 Å². The van der Waals surface area contributed by atoms with Crippen molar-refractivity contribution in [1.29, 1.82) is 0 Å². The van der Waals surface area contributed by atoms with Crippen LogP contribution in [0.4, 0.5) is 5.69 Å². The van der Waals surface area contributed by atoms with E-state index in [-0.39, 0.29) is 5.91 Å². The van der Waals surface area contributed by atoms with E-state index < -0.39 is 6.10 Å². The van der Waals surface area contributed by atoms with Gasteiger partial charge in [-0.15, -0.1) is 0 Å². The summed E-state index contributed by atoms with van der Waals surface area (Å²) in [6, 6.07) is 5.87. The van der Waals surface area contributed by atoms with Gasteiger partial charge in [0.15, 0.2) is 6.10 Å². The molecule has 1 aromatic carbocycles. The molecule has 4 nitrogen and oxygen atoms in total. The molecule has 0 bridgehead atoms. The number of fused-ring (bicyclic) bond motifs is 1. The zero-order valence-electron chi connectivity index (χ0n) is 11.2. The SMILES string of the molecule is CCCOCCN1C(=O)C(C)Oc2cc(I)ccc21. The van der Waals surface area contributed by atoms with Gasteiger partial charge in [0.1, 0.15) is 5.75 Å². The zero-order chi connectivity index (χ0) is 13.8. The molecule has 1 atom stereocenters. The monoisotopic (exact) mass is 375 g/mol. The largest absolute Gasteiger partial charge is 0.479 e. The molecule has 0 aliphatic carbocycles. The third-order valence-electron chi connectivity index (χ3n) is 2.94. The minimum Gasteiger partial charge on any atom is -0.479 e. The molecule has 1 aromatic rings. The number of anilines is 1. The van der Waals surface area contributed by atoms with E-state index in [0.717, 1.165) is 28.0 Å². The second-order valence-electron chi connectivity index (χ2n) is 4.47. The number of hydrogen-bond donors (Lipinski definition) is 0. The first-order valence-electron chi connectivity index (χ1n) is 6.48. The summed E-state index contributed by atoms with van der Waals surface area (Å²) in [5.41, 5.74) is 0.837. The summed E-state index contributed by atoms with van der Waals surface area (Å²) in [6.07, 6.45) is 0.555. The Morgan fingerprint density at radius 2 is 2.21 bits per heavy atom. The molecule has 0 radical (unpaired) electrons. The third kappa shape index (κ3) is 3.39. The van der Waals surface area contributed by atoms with E-state index in [0.29, 0.717) is 13.2 Å². The Morgan fingerprint density at radius 1 is 1.42 bits per heavy atom. The smallest absolute Gasteiger partial charge is 0.267 e. The molecule has 19 heavy (non-hydrogen) atoms. The first kappa shape index (κ1) is 14.6. The molecule has 1 aliphatic rings. The van der Waals surface area contributed by atoms with E-state index in [4.69, 9.17) is 9.47 Å². The molecular weight excluding hydrogens is 357 g/mol. The van der Waals surface area contributed by atoms with Crippen LogP contribution >= 0.6 is 22.6 Å². The van der Waals surface area contributed by atoms with Crippen LogP contribution in [-0.2, 0) is 9.53 Å². The van der Waals surface area contributed by atoms with Gasteiger partial charge in [-0.3, -0.25) is 4.79 Å². The molecule has 0 saturated carbocycles. The predicted molar refractivity (Wildman–Crippen MR) is 82.7 cm³/mol. The fourth-order valence-corrected chi connectivity index (χ4v) is 2.48. The molecule has 0 saturated heterocycles. The zero-order valence-corrected chi connectivity index (χ0v) is 13.3. The van der Waals surface area contributed by atoms with Gasteiger partial charge in [0, 0.05) is 16.7 Å². The topological polar surface area (TPSA) is 38.8 Å². The minimum atomic E-state index is -0.433. The fraction of sp³-hybridized carbons (Fsp3) is 0.500. The highest BCUT2D eigenvalue weighted by atomic mass is 127. The lowest BCUT2D eigenvalue weighted by Gasteiger charge is -2.33. The number of nitrogens with zero attached hydrogens (tertiary/aromatic N) is 1. The number of halogens is 1. The summed E-state index contributed by atoms with van der Waals surface area (Å²) in [7, 11) is 0. The molecule has 2 rings (SSSR count). The van der Waals surface area contributed by atoms with Gasteiger partial charge in [0.2, 0.25) is 0 Å². The minimum absolute atomic E-state index is 0.00573. The maximum Gasteiger partial charge on any atom is 0.267 e. The number of carbonyl (C=O) groups is 1. The lowest BCUT2D eigenvalue weighted by atomic mass is 10.2. The van der Waals surface area contributed by atoms with Crippen molar-refractivity contribution in [2.24, 2.45) is 0 Å². The molecule has 1 amide bonds. The van der Waals surface area contributed by atoms with Gasteiger partial charge in [0.05, 0.1) is 12.3 Å². The molecular formula is C14H18INO3. The van der Waals surface area contributed by atoms with Crippen molar-refractivity contribution >= 4 is 34.2 Å². The Hall–Kier alpha value is -0.820. The number of hydrogen-bond acceptors (Lipinski definition) is 3. The first-order chi connectivity index (χ1) is 9.13.